The fourth-order valence-electron chi connectivity index (χ4n) is 12.3. The number of fused-ring (bicyclic) bond motifs is 10. The topological polar surface area (TPSA) is 286 Å². The first kappa shape index (κ1) is 63.5. The number of nitrogens with one attached hydrogen (secondary N) is 2. The number of cyclic esters (lactones) is 2. The smallest absolute Gasteiger partial charge is 0.355 e. The second-order valence-corrected chi connectivity index (χ2v) is 25.8. The molecule has 5 aliphatic rings. The summed E-state index contributed by atoms with van der Waals surface area (Å²) in [6.07, 6.45) is 2.75. The first-order valence-electron chi connectivity index (χ1n) is 30.5. The molecule has 24 heteroatoms. The van der Waals surface area contributed by atoms with Crippen LogP contribution in [0, 0.1) is 11.8 Å². The molecule has 0 spiro atoms. The summed E-state index contributed by atoms with van der Waals surface area (Å²) >= 11 is 3.21. The number of carbonyl (C=O) groups excluding carboxylic acids is 8. The number of benzene rings is 2. The molecule has 90 heavy (non-hydrogen) atoms. The fraction of sp³-hybridized carbons (Fsp3) is 0.455. The van der Waals surface area contributed by atoms with Crippen LogP contribution in [0.5, 0.6) is 0 Å². The van der Waals surface area contributed by atoms with E-state index in [0.717, 1.165) is 45.8 Å². The van der Waals surface area contributed by atoms with Gasteiger partial charge in [-0.3, -0.25) is 38.4 Å². The number of para-hydroxylation sites is 2. The van der Waals surface area contributed by atoms with Crippen molar-refractivity contribution < 1.29 is 66.8 Å². The van der Waals surface area contributed by atoms with E-state index in [1.807, 2.05) is 67.6 Å². The molecule has 0 radical (unpaired) electrons. The van der Waals surface area contributed by atoms with Crippen LogP contribution in [-0.2, 0) is 104 Å². The lowest BCUT2D eigenvalue weighted by Crippen LogP contribution is -2.49. The van der Waals surface area contributed by atoms with Crippen LogP contribution in [0.3, 0.4) is 0 Å². The summed E-state index contributed by atoms with van der Waals surface area (Å²) in [6, 6.07) is 22.5. The van der Waals surface area contributed by atoms with E-state index in [1.54, 1.807) is 58.6 Å². The number of hydrogen-bond acceptors (Lipinski definition) is 20. The number of pyridine rings is 4. The summed E-state index contributed by atoms with van der Waals surface area (Å²) in [7, 11) is 0. The zero-order chi connectivity index (χ0) is 63.4. The van der Waals surface area contributed by atoms with Crippen molar-refractivity contribution in [2.75, 3.05) is 51.0 Å². The van der Waals surface area contributed by atoms with Crippen molar-refractivity contribution in [3.05, 3.63) is 127 Å². The molecule has 1 fully saturated rings. The average Bonchev–Trinajstić information content (AvgIpc) is 1.41. The second kappa shape index (κ2) is 27.2. The number of carbonyl (C=O) groups is 8. The van der Waals surface area contributed by atoms with Gasteiger partial charge in [0.15, 0.2) is 11.6 Å². The third kappa shape index (κ3) is 12.7. The van der Waals surface area contributed by atoms with Gasteiger partial charge in [-0.2, -0.15) is 23.5 Å². The number of rotatable bonds is 28. The summed E-state index contributed by atoms with van der Waals surface area (Å²) in [4.78, 5) is 145. The molecule has 0 bridgehead atoms. The van der Waals surface area contributed by atoms with Crippen LogP contribution in [0.15, 0.2) is 82.4 Å². The molecule has 0 saturated heterocycles. The molecular weight excluding hydrogens is 1200 g/mol. The Morgan fingerprint density at radius 3 is 1.58 bits per heavy atom. The number of thioether (sulfide) groups is 2. The van der Waals surface area contributed by atoms with Crippen LogP contribution in [0.25, 0.3) is 44.6 Å². The third-order valence-electron chi connectivity index (χ3n) is 17.5. The van der Waals surface area contributed by atoms with E-state index < -0.39 is 71.5 Å². The highest BCUT2D eigenvalue weighted by Gasteiger charge is 2.52. The lowest BCUT2D eigenvalue weighted by molar-refractivity contribution is -0.189. The maximum atomic E-state index is 14.2. The number of amides is 2. The van der Waals surface area contributed by atoms with Gasteiger partial charge in [0.25, 0.3) is 11.1 Å². The lowest BCUT2D eigenvalue weighted by Gasteiger charge is -2.37. The maximum Gasteiger partial charge on any atom is 0.355 e. The Bertz CT molecular complexity index is 4020. The van der Waals surface area contributed by atoms with Gasteiger partial charge in [0.2, 0.25) is 23.0 Å². The highest BCUT2D eigenvalue weighted by molar-refractivity contribution is 8.04. The number of ether oxygens (including phenoxy) is 6. The Hall–Kier alpha value is -8.06. The van der Waals surface area contributed by atoms with Crippen LogP contribution in [-0.4, -0.2) is 128 Å². The number of ketones is 2. The Kier molecular flexibility index (Phi) is 19.2. The van der Waals surface area contributed by atoms with Crippen LogP contribution in [0.1, 0.15) is 112 Å². The molecule has 6 atom stereocenters. The van der Waals surface area contributed by atoms with Gasteiger partial charge < -0.3 is 48.2 Å². The molecule has 4 aromatic heterocycles. The van der Waals surface area contributed by atoms with Gasteiger partial charge in [0.05, 0.1) is 71.2 Å². The molecule has 472 valence electrons. The summed E-state index contributed by atoms with van der Waals surface area (Å²) < 4.78 is 36.9. The van der Waals surface area contributed by atoms with Crippen molar-refractivity contribution in [3.8, 4) is 22.8 Å². The van der Waals surface area contributed by atoms with E-state index in [4.69, 9.17) is 38.4 Å². The zero-order valence-corrected chi connectivity index (χ0v) is 52.2. The third-order valence-corrected chi connectivity index (χ3v) is 20.9. The largest absolute Gasteiger partial charge is 0.457 e. The van der Waals surface area contributed by atoms with Gasteiger partial charge in [-0.15, -0.1) is 0 Å². The first-order valence-corrected chi connectivity index (χ1v) is 32.6. The van der Waals surface area contributed by atoms with Crippen molar-refractivity contribution in [1.82, 2.24) is 29.7 Å². The molecular formula is C66H70N6O16S2. The van der Waals surface area contributed by atoms with E-state index in [9.17, 15) is 47.9 Å². The second-order valence-electron chi connectivity index (χ2n) is 23.3. The SMILES string of the molecule is CCC(CSC1CCC1SCC(CCCC(=O)COCCOCC(C)=O)C(=O)NCC(=O)O[C@]1(CC)C(=O)OCc2c1cc1n(c2=O)Cc2cc3ccccc3nc2-1)C(=O)NCC(=O)O[C@]1(CC)C(=O)OCc2c1cc1n(c2=O)Cc2cc3ccccc3nc2-1. The van der Waals surface area contributed by atoms with Crippen LogP contribution in [0.4, 0.5) is 0 Å². The minimum Gasteiger partial charge on any atom is -0.457 e. The predicted octanol–water partition coefficient (Wildman–Crippen LogP) is 6.51. The number of hydrogen-bond donors (Lipinski definition) is 2. The monoisotopic (exact) mass is 1270 g/mol. The van der Waals surface area contributed by atoms with E-state index >= 15 is 0 Å². The number of Topliss-reactive ketones (excluding diaryl/α,β-unsaturated/α-hetero) is 2. The molecule has 8 heterocycles. The highest BCUT2D eigenvalue weighted by Crippen LogP contribution is 2.45. The molecule has 1 aliphatic carbocycles. The molecule has 6 aromatic rings. The quantitative estimate of drug-likeness (QED) is 0.0300. The van der Waals surface area contributed by atoms with Crippen molar-refractivity contribution in [2.45, 2.75) is 127 Å². The molecule has 2 amide bonds. The van der Waals surface area contributed by atoms with Gasteiger partial charge in [-0.25, -0.2) is 19.6 Å². The summed E-state index contributed by atoms with van der Waals surface area (Å²) in [6.45, 7) is 5.39. The van der Waals surface area contributed by atoms with E-state index in [0.29, 0.717) is 47.1 Å². The molecule has 1 saturated carbocycles. The summed E-state index contributed by atoms with van der Waals surface area (Å²) in [5.41, 5.74) is 1.38. The van der Waals surface area contributed by atoms with E-state index in [-0.39, 0.29) is 134 Å². The Balaban J connectivity index is 0.703. The van der Waals surface area contributed by atoms with E-state index in [2.05, 4.69) is 10.6 Å². The average molecular weight is 1270 g/mol. The minimum atomic E-state index is -1.99. The predicted molar refractivity (Wildman–Crippen MR) is 333 cm³/mol. The number of esters is 4. The Morgan fingerprint density at radius 1 is 0.644 bits per heavy atom. The summed E-state index contributed by atoms with van der Waals surface area (Å²) in [5, 5.41) is 7.47. The van der Waals surface area contributed by atoms with Crippen molar-refractivity contribution >= 4 is 92.6 Å². The Labute approximate surface area is 526 Å². The molecule has 4 unspecified atom stereocenters. The molecule has 4 aliphatic heterocycles. The Morgan fingerprint density at radius 2 is 1.11 bits per heavy atom. The molecule has 2 aromatic carbocycles. The summed E-state index contributed by atoms with van der Waals surface area (Å²) in [5.74, 6) is -5.07. The maximum absolute atomic E-state index is 14.2. The normalized spacial score (nSPS) is 19.8. The van der Waals surface area contributed by atoms with Crippen LogP contribution >= 0.6 is 23.5 Å². The first-order chi connectivity index (χ1) is 43.4. The van der Waals surface area contributed by atoms with Crippen molar-refractivity contribution in [2.24, 2.45) is 11.8 Å². The number of aromatic nitrogens is 4. The minimum absolute atomic E-state index is 0.0415. The zero-order valence-electron chi connectivity index (χ0n) is 50.5. The van der Waals surface area contributed by atoms with Gasteiger partial charge in [0.1, 0.15) is 39.5 Å². The van der Waals surface area contributed by atoms with Gasteiger partial charge >= 0.3 is 23.9 Å². The van der Waals surface area contributed by atoms with Gasteiger partial charge in [-0.05, 0) is 88.3 Å². The van der Waals surface area contributed by atoms with Crippen molar-refractivity contribution in [1.29, 1.82) is 0 Å². The van der Waals surface area contributed by atoms with Gasteiger partial charge in [-0.1, -0.05) is 57.2 Å². The number of nitrogens with zero attached hydrogens (tertiary/aromatic N) is 4. The molecule has 2 N–H and O–H groups in total. The molecule has 11 rings (SSSR count). The lowest BCUT2D eigenvalue weighted by atomic mass is 9.85. The van der Waals surface area contributed by atoms with Crippen molar-refractivity contribution in [3.63, 3.8) is 0 Å². The standard InChI is InChI=1S/C66H70N6O16S2/c1-5-38(59(77)67-27-55(75)87-65(6-2)47-25-51-57-42(23-39-13-8-10-17-49(39)69-57)29-71(51)61(79)45(47)33-85-63(65)81)35-89-53-19-20-54(53)90-36-41(15-12-16-44(74)32-84-22-21-83-31-37(4)73)60(78)68-28-56(76)88-66(7-3)48-26-52-58-43(24-40-14-9-11-18-50(40)70-58)30-72(52)62(80)46(48)34-86-64(66)82/h8-11,13-14,17-18,23-26,38,41,53-54H,5-7,12,15-16,19-22,27-36H2,1-4H3,(H,67,77)(H,68,78)/t38?,41?,53?,54?,65-,66-/m0/s1. The van der Waals surface area contributed by atoms with E-state index in [1.165, 1.54) is 6.92 Å². The van der Waals surface area contributed by atoms with Crippen LogP contribution < -0.4 is 21.8 Å². The molecule has 22 nitrogen and oxygen atoms in total. The van der Waals surface area contributed by atoms with Gasteiger partial charge in [0, 0.05) is 73.3 Å². The van der Waals surface area contributed by atoms with Crippen LogP contribution in [0.2, 0.25) is 0 Å². The highest BCUT2D eigenvalue weighted by atomic mass is 32.2. The fourth-order valence-corrected chi connectivity index (χ4v) is 15.8.